The lowest BCUT2D eigenvalue weighted by atomic mass is 9.78. The Morgan fingerprint density at radius 3 is 2.75 bits per heavy atom. The van der Waals surface area contributed by atoms with Crippen LogP contribution < -0.4 is 0 Å². The first-order valence-electron chi connectivity index (χ1n) is 8.14. The predicted octanol–water partition coefficient (Wildman–Crippen LogP) is 2.33. The van der Waals surface area contributed by atoms with Gasteiger partial charge in [0.15, 0.2) is 0 Å². The van der Waals surface area contributed by atoms with Gasteiger partial charge in [0.2, 0.25) is 0 Å². The average Bonchev–Trinajstić information content (AvgIpc) is 2.86. The van der Waals surface area contributed by atoms with Gasteiger partial charge in [0, 0.05) is 31.7 Å². The molecular formula is C16H27N3O. The summed E-state index contributed by atoms with van der Waals surface area (Å²) in [5.74, 6) is 0.479. The molecular weight excluding hydrogens is 250 g/mol. The second kappa shape index (κ2) is 6.27. The Morgan fingerprint density at radius 1 is 1.20 bits per heavy atom. The third kappa shape index (κ3) is 3.07. The van der Waals surface area contributed by atoms with E-state index in [4.69, 9.17) is 0 Å². The van der Waals surface area contributed by atoms with Crippen molar-refractivity contribution in [3.63, 3.8) is 0 Å². The zero-order valence-electron chi connectivity index (χ0n) is 12.5. The number of hydrogen-bond donors (Lipinski definition) is 1. The molecule has 1 aromatic heterocycles. The Labute approximate surface area is 121 Å². The summed E-state index contributed by atoms with van der Waals surface area (Å²) < 4.78 is 1.88. The highest BCUT2D eigenvalue weighted by Gasteiger charge is 2.35. The summed E-state index contributed by atoms with van der Waals surface area (Å²) in [6.45, 7) is 2.10. The number of hydrogen-bond acceptors (Lipinski definition) is 3. The normalized spacial score (nSPS) is 32.4. The van der Waals surface area contributed by atoms with Gasteiger partial charge in [-0.15, -0.1) is 0 Å². The van der Waals surface area contributed by atoms with Gasteiger partial charge in [0.25, 0.3) is 0 Å². The monoisotopic (exact) mass is 277 g/mol. The van der Waals surface area contributed by atoms with Gasteiger partial charge in [0.1, 0.15) is 0 Å². The van der Waals surface area contributed by atoms with Crippen molar-refractivity contribution < 1.29 is 5.11 Å². The molecule has 0 amide bonds. The van der Waals surface area contributed by atoms with Crippen LogP contribution in [0.15, 0.2) is 12.3 Å². The Balaban J connectivity index is 1.69. The predicted molar refractivity (Wildman–Crippen MR) is 79.2 cm³/mol. The van der Waals surface area contributed by atoms with Gasteiger partial charge < -0.3 is 5.11 Å². The molecule has 4 heteroatoms. The van der Waals surface area contributed by atoms with Crippen molar-refractivity contribution in [2.75, 3.05) is 6.54 Å². The molecule has 0 aromatic carbocycles. The molecule has 1 aliphatic heterocycles. The molecule has 1 N–H and O–H groups in total. The number of nitrogens with zero attached hydrogens (tertiary/aromatic N) is 3. The molecule has 2 aliphatic rings. The zero-order chi connectivity index (χ0) is 13.9. The first-order chi connectivity index (χ1) is 9.74. The summed E-state index contributed by atoms with van der Waals surface area (Å²) in [5.41, 5.74) is 1.16. The van der Waals surface area contributed by atoms with E-state index >= 15 is 0 Å². The van der Waals surface area contributed by atoms with Gasteiger partial charge >= 0.3 is 0 Å². The minimum Gasteiger partial charge on any atom is -0.393 e. The Morgan fingerprint density at radius 2 is 2.00 bits per heavy atom. The molecule has 20 heavy (non-hydrogen) atoms. The maximum atomic E-state index is 10.4. The number of rotatable bonds is 3. The van der Waals surface area contributed by atoms with Crippen LogP contribution in [0.3, 0.4) is 0 Å². The fraction of sp³-hybridized carbons (Fsp3) is 0.812. The van der Waals surface area contributed by atoms with E-state index in [0.717, 1.165) is 25.2 Å². The summed E-state index contributed by atoms with van der Waals surface area (Å²) in [4.78, 5) is 2.57. The topological polar surface area (TPSA) is 41.3 Å². The van der Waals surface area contributed by atoms with E-state index in [1.165, 1.54) is 38.5 Å². The quantitative estimate of drug-likeness (QED) is 0.922. The second-order valence-corrected chi connectivity index (χ2v) is 6.53. The van der Waals surface area contributed by atoms with Crippen molar-refractivity contribution in [1.82, 2.24) is 14.7 Å². The number of aliphatic hydroxyl groups excluding tert-OH is 1. The molecule has 1 saturated heterocycles. The highest BCUT2D eigenvalue weighted by atomic mass is 16.3. The van der Waals surface area contributed by atoms with Crippen molar-refractivity contribution in [1.29, 1.82) is 0 Å². The van der Waals surface area contributed by atoms with Crippen LogP contribution in [0.2, 0.25) is 0 Å². The van der Waals surface area contributed by atoms with Crippen LogP contribution in [0.5, 0.6) is 0 Å². The fourth-order valence-electron chi connectivity index (χ4n) is 4.04. The lowest BCUT2D eigenvalue weighted by molar-refractivity contribution is -0.00906. The van der Waals surface area contributed by atoms with Crippen LogP contribution in [0.4, 0.5) is 0 Å². The van der Waals surface area contributed by atoms with E-state index in [0.29, 0.717) is 12.0 Å². The Hall–Kier alpha value is -0.870. The highest BCUT2D eigenvalue weighted by molar-refractivity contribution is 5.00. The number of aliphatic hydroxyl groups is 1. The largest absolute Gasteiger partial charge is 0.393 e. The Kier molecular flexibility index (Phi) is 4.41. The minimum atomic E-state index is -0.0851. The molecule has 112 valence electrons. The first-order valence-corrected chi connectivity index (χ1v) is 8.14. The first kappa shape index (κ1) is 14.1. The summed E-state index contributed by atoms with van der Waals surface area (Å²) in [5, 5.41) is 14.9. The van der Waals surface area contributed by atoms with Crippen molar-refractivity contribution in [2.24, 2.45) is 13.0 Å². The molecule has 0 radical (unpaired) electrons. The van der Waals surface area contributed by atoms with Gasteiger partial charge in [-0.3, -0.25) is 9.58 Å². The van der Waals surface area contributed by atoms with E-state index in [1.54, 1.807) is 0 Å². The lowest BCUT2D eigenvalue weighted by Gasteiger charge is -2.43. The summed E-state index contributed by atoms with van der Waals surface area (Å²) in [6.07, 6.45) is 10.5. The number of piperidine rings is 1. The van der Waals surface area contributed by atoms with Gasteiger partial charge in [-0.1, -0.05) is 19.3 Å². The maximum Gasteiger partial charge on any atom is 0.0764 e. The number of aryl methyl sites for hydroxylation is 1. The van der Waals surface area contributed by atoms with E-state index in [9.17, 15) is 5.11 Å². The molecule has 3 rings (SSSR count). The Bertz CT molecular complexity index is 431. The maximum absolute atomic E-state index is 10.4. The van der Waals surface area contributed by atoms with E-state index in [2.05, 4.69) is 16.1 Å². The van der Waals surface area contributed by atoms with Crippen LogP contribution in [0.25, 0.3) is 0 Å². The molecule has 0 spiro atoms. The number of likely N-dealkylation sites (tertiary alicyclic amines) is 1. The van der Waals surface area contributed by atoms with Crippen LogP contribution in [0, 0.1) is 5.92 Å². The molecule has 2 fully saturated rings. The molecule has 1 aromatic rings. The fourth-order valence-corrected chi connectivity index (χ4v) is 4.04. The van der Waals surface area contributed by atoms with Crippen molar-refractivity contribution >= 4 is 0 Å². The zero-order valence-corrected chi connectivity index (χ0v) is 12.5. The summed E-state index contributed by atoms with van der Waals surface area (Å²) >= 11 is 0. The van der Waals surface area contributed by atoms with E-state index in [-0.39, 0.29) is 6.10 Å². The molecule has 2 heterocycles. The van der Waals surface area contributed by atoms with Crippen molar-refractivity contribution in [3.8, 4) is 0 Å². The molecule has 0 bridgehead atoms. The second-order valence-electron chi connectivity index (χ2n) is 6.53. The summed E-state index contributed by atoms with van der Waals surface area (Å²) in [6, 6.07) is 2.67. The van der Waals surface area contributed by atoms with E-state index in [1.807, 2.05) is 17.9 Å². The summed E-state index contributed by atoms with van der Waals surface area (Å²) in [7, 11) is 1.97. The minimum absolute atomic E-state index is 0.0851. The smallest absolute Gasteiger partial charge is 0.0764 e. The highest BCUT2D eigenvalue weighted by Crippen LogP contribution is 2.34. The molecule has 3 atom stereocenters. The lowest BCUT2D eigenvalue weighted by Crippen LogP contribution is -2.48. The van der Waals surface area contributed by atoms with Crippen molar-refractivity contribution in [3.05, 3.63) is 18.0 Å². The van der Waals surface area contributed by atoms with Crippen LogP contribution >= 0.6 is 0 Å². The third-order valence-corrected chi connectivity index (χ3v) is 5.07. The van der Waals surface area contributed by atoms with Gasteiger partial charge in [-0.25, -0.2) is 0 Å². The average molecular weight is 277 g/mol. The van der Waals surface area contributed by atoms with Gasteiger partial charge in [0.05, 0.1) is 11.8 Å². The molecule has 1 saturated carbocycles. The standard InChI is InChI=1S/C16H27N3O/c1-18-11-9-13(17-18)12-19-10-5-4-7-15(19)14-6-2-3-8-16(14)20/h9,11,14-16,20H,2-8,10,12H2,1H3. The number of aromatic nitrogens is 2. The van der Waals surface area contributed by atoms with Gasteiger partial charge in [-0.2, -0.15) is 5.10 Å². The van der Waals surface area contributed by atoms with E-state index < -0.39 is 0 Å². The molecule has 3 unspecified atom stereocenters. The molecule has 4 nitrogen and oxygen atoms in total. The van der Waals surface area contributed by atoms with Crippen LogP contribution in [0.1, 0.15) is 50.6 Å². The molecule has 1 aliphatic carbocycles. The SMILES string of the molecule is Cn1ccc(CN2CCCCC2C2CCCCC2O)n1. The van der Waals surface area contributed by atoms with Crippen LogP contribution in [-0.2, 0) is 13.6 Å². The third-order valence-electron chi connectivity index (χ3n) is 5.07. The van der Waals surface area contributed by atoms with Crippen LogP contribution in [-0.4, -0.2) is 38.5 Å². The van der Waals surface area contributed by atoms with Gasteiger partial charge in [-0.05, 0) is 38.3 Å². The van der Waals surface area contributed by atoms with Crippen molar-refractivity contribution in [2.45, 2.75) is 63.6 Å².